The Balaban J connectivity index is 1.56. The number of amides is 1. The summed E-state index contributed by atoms with van der Waals surface area (Å²) in [7, 11) is 0. The molecule has 1 aromatic heterocycles. The monoisotopic (exact) mass is 379 g/mol. The third-order valence-corrected chi connectivity index (χ3v) is 6.08. The van der Waals surface area contributed by atoms with Crippen LogP contribution in [-0.4, -0.2) is 30.5 Å². The maximum atomic E-state index is 13.4. The molecule has 0 aliphatic carbocycles. The second-order valence-electron chi connectivity index (χ2n) is 7.03. The normalized spacial score (nSPS) is 17.2. The molecule has 4 nitrogen and oxygen atoms in total. The predicted octanol–water partition coefficient (Wildman–Crippen LogP) is 4.11. The molecule has 1 aliphatic rings. The Hall–Kier alpha value is -2.02. The molecule has 1 N–H and O–H groups in total. The van der Waals surface area contributed by atoms with Crippen molar-refractivity contribution in [3.05, 3.63) is 45.4 Å². The first-order chi connectivity index (χ1) is 12.3. The average Bonchev–Trinajstić information content (AvgIpc) is 3.22. The van der Waals surface area contributed by atoms with E-state index in [4.69, 9.17) is 0 Å². The van der Waals surface area contributed by atoms with Gasteiger partial charge in [0.2, 0.25) is 0 Å². The molecule has 1 atom stereocenters. The number of carbonyl (C=O) groups is 1. The highest BCUT2D eigenvalue weighted by atomic mass is 32.1. The standard InChI is InChI=1S/C19H23F2N3OS/c1-11(2)19-23-12(3)17(26-19)18(25)22-9-13-6-7-24(10-13)14-4-5-15(20)16(21)8-14/h4-5,8,11,13H,6-7,9-10H2,1-3H3,(H,22,25)/t13-/m1/s1. The first-order valence-corrected chi connectivity index (χ1v) is 9.62. The van der Waals surface area contributed by atoms with E-state index in [9.17, 15) is 13.6 Å². The molecule has 26 heavy (non-hydrogen) atoms. The molecule has 0 saturated carbocycles. The van der Waals surface area contributed by atoms with Gasteiger partial charge in [0.1, 0.15) is 4.88 Å². The number of carbonyl (C=O) groups excluding carboxylic acids is 1. The van der Waals surface area contributed by atoms with E-state index in [0.717, 1.165) is 29.7 Å². The van der Waals surface area contributed by atoms with Gasteiger partial charge >= 0.3 is 0 Å². The Morgan fingerprint density at radius 1 is 1.38 bits per heavy atom. The van der Waals surface area contributed by atoms with Crippen molar-refractivity contribution in [1.82, 2.24) is 10.3 Å². The maximum absolute atomic E-state index is 13.4. The van der Waals surface area contributed by atoms with Gasteiger partial charge in [-0.15, -0.1) is 11.3 Å². The topological polar surface area (TPSA) is 45.2 Å². The minimum Gasteiger partial charge on any atom is -0.371 e. The summed E-state index contributed by atoms with van der Waals surface area (Å²) in [6.45, 7) is 8.02. The Bertz CT molecular complexity index is 806. The van der Waals surface area contributed by atoms with E-state index < -0.39 is 11.6 Å². The minimum absolute atomic E-state index is 0.0850. The molecule has 1 aliphatic heterocycles. The third kappa shape index (κ3) is 4.03. The van der Waals surface area contributed by atoms with Crippen LogP contribution < -0.4 is 10.2 Å². The number of hydrogen-bond donors (Lipinski definition) is 1. The third-order valence-electron chi connectivity index (χ3n) is 4.62. The lowest BCUT2D eigenvalue weighted by molar-refractivity contribution is 0.0951. The number of hydrogen-bond acceptors (Lipinski definition) is 4. The Morgan fingerprint density at radius 2 is 2.15 bits per heavy atom. The minimum atomic E-state index is -0.836. The van der Waals surface area contributed by atoms with E-state index in [0.29, 0.717) is 29.6 Å². The number of aryl methyl sites for hydroxylation is 1. The molecule has 0 unspecified atom stereocenters. The summed E-state index contributed by atoms with van der Waals surface area (Å²) in [5, 5.41) is 3.97. The van der Waals surface area contributed by atoms with E-state index in [1.165, 1.54) is 17.4 Å². The molecular weight excluding hydrogens is 356 g/mol. The Morgan fingerprint density at radius 3 is 2.81 bits per heavy atom. The van der Waals surface area contributed by atoms with E-state index in [1.807, 2.05) is 11.8 Å². The number of aromatic nitrogens is 1. The van der Waals surface area contributed by atoms with Gasteiger partial charge in [-0.25, -0.2) is 13.8 Å². The predicted molar refractivity (Wildman–Crippen MR) is 100.0 cm³/mol. The summed E-state index contributed by atoms with van der Waals surface area (Å²) in [5.74, 6) is -1.17. The number of nitrogens with one attached hydrogen (secondary N) is 1. The lowest BCUT2D eigenvalue weighted by Gasteiger charge is -2.19. The van der Waals surface area contributed by atoms with E-state index in [1.54, 1.807) is 6.07 Å². The van der Waals surface area contributed by atoms with Crippen LogP contribution in [0.15, 0.2) is 18.2 Å². The highest BCUT2D eigenvalue weighted by molar-refractivity contribution is 7.13. The van der Waals surface area contributed by atoms with Crippen LogP contribution in [0, 0.1) is 24.5 Å². The van der Waals surface area contributed by atoms with Crippen LogP contribution in [-0.2, 0) is 0 Å². The number of halogens is 2. The molecule has 0 spiro atoms. The number of benzene rings is 1. The van der Waals surface area contributed by atoms with Crippen LogP contribution in [0.1, 0.15) is 46.6 Å². The molecule has 1 saturated heterocycles. The molecule has 3 rings (SSSR count). The largest absolute Gasteiger partial charge is 0.371 e. The van der Waals surface area contributed by atoms with Gasteiger partial charge < -0.3 is 10.2 Å². The number of nitrogens with zero attached hydrogens (tertiary/aromatic N) is 2. The van der Waals surface area contributed by atoms with Crippen molar-refractivity contribution in [3.8, 4) is 0 Å². The smallest absolute Gasteiger partial charge is 0.263 e. The fourth-order valence-corrected chi connectivity index (χ4v) is 4.09. The summed E-state index contributed by atoms with van der Waals surface area (Å²) < 4.78 is 26.5. The van der Waals surface area contributed by atoms with E-state index in [-0.39, 0.29) is 11.8 Å². The summed E-state index contributed by atoms with van der Waals surface area (Å²) in [6, 6.07) is 3.97. The van der Waals surface area contributed by atoms with Crippen molar-refractivity contribution in [2.75, 3.05) is 24.5 Å². The number of thiazole rings is 1. The molecule has 1 fully saturated rings. The molecule has 1 aromatic carbocycles. The molecule has 140 valence electrons. The fraction of sp³-hybridized carbons (Fsp3) is 0.474. The van der Waals surface area contributed by atoms with E-state index >= 15 is 0 Å². The first kappa shape index (κ1) is 18.8. The van der Waals surface area contributed by atoms with Gasteiger partial charge in [-0.2, -0.15) is 0 Å². The molecule has 0 bridgehead atoms. The summed E-state index contributed by atoms with van der Waals surface area (Å²) in [6.07, 6.45) is 0.901. The zero-order valence-corrected chi connectivity index (χ0v) is 16.0. The molecule has 2 aromatic rings. The second kappa shape index (κ2) is 7.70. The van der Waals surface area contributed by atoms with Crippen LogP contribution in [0.2, 0.25) is 0 Å². The van der Waals surface area contributed by atoms with Gasteiger partial charge in [-0.1, -0.05) is 13.8 Å². The zero-order chi connectivity index (χ0) is 18.8. The van der Waals surface area contributed by atoms with Gasteiger partial charge in [-0.3, -0.25) is 4.79 Å². The Kier molecular flexibility index (Phi) is 5.55. The van der Waals surface area contributed by atoms with Crippen molar-refractivity contribution >= 4 is 22.9 Å². The number of anilines is 1. The zero-order valence-electron chi connectivity index (χ0n) is 15.2. The first-order valence-electron chi connectivity index (χ1n) is 8.80. The van der Waals surface area contributed by atoms with Crippen molar-refractivity contribution in [1.29, 1.82) is 0 Å². The van der Waals surface area contributed by atoms with E-state index in [2.05, 4.69) is 24.1 Å². The highest BCUT2D eigenvalue weighted by Gasteiger charge is 2.25. The van der Waals surface area contributed by atoms with Crippen LogP contribution in [0.4, 0.5) is 14.5 Å². The number of rotatable bonds is 5. The van der Waals surface area contributed by atoms with Gasteiger partial charge in [0.15, 0.2) is 11.6 Å². The van der Waals surface area contributed by atoms with Gasteiger partial charge in [0.25, 0.3) is 5.91 Å². The lowest BCUT2D eigenvalue weighted by atomic mass is 10.1. The SMILES string of the molecule is Cc1nc(C(C)C)sc1C(=O)NC[C@H]1CCN(c2ccc(F)c(F)c2)C1. The lowest BCUT2D eigenvalue weighted by Crippen LogP contribution is -2.31. The molecule has 1 amide bonds. The molecule has 2 heterocycles. The van der Waals surface area contributed by atoms with Crippen molar-refractivity contribution < 1.29 is 13.6 Å². The fourth-order valence-electron chi connectivity index (χ4n) is 3.11. The Labute approximate surface area is 156 Å². The van der Waals surface area contributed by atoms with Crippen LogP contribution in [0.5, 0.6) is 0 Å². The van der Waals surface area contributed by atoms with Gasteiger partial charge in [0, 0.05) is 37.3 Å². The van der Waals surface area contributed by atoms with Gasteiger partial charge in [-0.05, 0) is 31.4 Å². The van der Waals surface area contributed by atoms with Crippen molar-refractivity contribution in [3.63, 3.8) is 0 Å². The van der Waals surface area contributed by atoms with Crippen LogP contribution >= 0.6 is 11.3 Å². The summed E-state index contributed by atoms with van der Waals surface area (Å²) in [5.41, 5.74) is 1.45. The van der Waals surface area contributed by atoms with Crippen molar-refractivity contribution in [2.45, 2.75) is 33.1 Å². The average molecular weight is 379 g/mol. The highest BCUT2D eigenvalue weighted by Crippen LogP contribution is 2.26. The second-order valence-corrected chi connectivity index (χ2v) is 8.06. The summed E-state index contributed by atoms with van der Waals surface area (Å²) in [4.78, 5) is 19.6. The van der Waals surface area contributed by atoms with Gasteiger partial charge in [0.05, 0.1) is 10.7 Å². The van der Waals surface area contributed by atoms with Crippen LogP contribution in [0.25, 0.3) is 0 Å². The molecule has 7 heteroatoms. The molecular formula is C19H23F2N3OS. The van der Waals surface area contributed by atoms with Crippen molar-refractivity contribution in [2.24, 2.45) is 5.92 Å². The molecule has 0 radical (unpaired) electrons. The summed E-state index contributed by atoms with van der Waals surface area (Å²) >= 11 is 1.45. The maximum Gasteiger partial charge on any atom is 0.263 e. The quantitative estimate of drug-likeness (QED) is 0.850. The van der Waals surface area contributed by atoms with Crippen LogP contribution in [0.3, 0.4) is 0 Å².